The fourth-order valence-corrected chi connectivity index (χ4v) is 3.36. The van der Waals surface area contributed by atoms with Gasteiger partial charge in [0.05, 0.1) is 11.2 Å². The lowest BCUT2D eigenvalue weighted by atomic mass is 9.79. The Kier molecular flexibility index (Phi) is 6.08. The number of hydrogen-bond acceptors (Lipinski definition) is 4. The maximum Gasteiger partial charge on any atom is 0.495 e. The lowest BCUT2D eigenvalue weighted by Gasteiger charge is -2.32. The summed E-state index contributed by atoms with van der Waals surface area (Å²) in [5.41, 5.74) is 2.27. The number of rotatable bonds is 7. The van der Waals surface area contributed by atoms with Crippen molar-refractivity contribution in [2.24, 2.45) is 0 Å². The summed E-state index contributed by atoms with van der Waals surface area (Å²) in [6.07, 6.45) is 0. The van der Waals surface area contributed by atoms with E-state index in [-0.39, 0.29) is 0 Å². The fraction of sp³-hybridized carbons (Fsp3) is 0.308. The molecule has 0 saturated carbocycles. The van der Waals surface area contributed by atoms with Gasteiger partial charge in [-0.25, -0.2) is 0 Å². The molecule has 0 bridgehead atoms. The molecule has 4 nitrogen and oxygen atoms in total. The van der Waals surface area contributed by atoms with Crippen LogP contribution in [-0.2, 0) is 22.5 Å². The quantitative estimate of drug-likeness (QED) is 0.500. The summed E-state index contributed by atoms with van der Waals surface area (Å²) in [6.45, 7) is 9.16. The highest BCUT2D eigenvalue weighted by molar-refractivity contribution is 6.62. The zero-order valence-electron chi connectivity index (χ0n) is 18.6. The number of ether oxygens (including phenoxy) is 2. The third-order valence-electron chi connectivity index (χ3n) is 5.92. The van der Waals surface area contributed by atoms with Gasteiger partial charge in [-0.05, 0) is 56.4 Å². The summed E-state index contributed by atoms with van der Waals surface area (Å²) < 4.78 is 24.7. The molecular formula is C26H29BO4. The minimum Gasteiger partial charge on any atom is -0.489 e. The topological polar surface area (TPSA) is 36.9 Å². The first-order valence-electron chi connectivity index (χ1n) is 10.7. The Morgan fingerprint density at radius 3 is 1.48 bits per heavy atom. The highest BCUT2D eigenvalue weighted by Gasteiger charge is 2.51. The monoisotopic (exact) mass is 416 g/mol. The van der Waals surface area contributed by atoms with Gasteiger partial charge < -0.3 is 18.8 Å². The van der Waals surface area contributed by atoms with Crippen LogP contribution in [0.3, 0.4) is 0 Å². The van der Waals surface area contributed by atoms with Gasteiger partial charge in [0.15, 0.2) is 0 Å². The average molecular weight is 416 g/mol. The highest BCUT2D eigenvalue weighted by Crippen LogP contribution is 2.37. The van der Waals surface area contributed by atoms with Crippen LogP contribution in [0.4, 0.5) is 0 Å². The van der Waals surface area contributed by atoms with Gasteiger partial charge in [-0.2, -0.15) is 0 Å². The minimum atomic E-state index is -0.482. The van der Waals surface area contributed by atoms with Gasteiger partial charge in [-0.1, -0.05) is 60.7 Å². The second kappa shape index (κ2) is 8.78. The second-order valence-corrected chi connectivity index (χ2v) is 8.87. The molecule has 3 aromatic carbocycles. The molecule has 4 rings (SSSR count). The standard InChI is InChI=1S/C26H29BO4/c1-25(2)26(3,4)31-27(30-25)22-15-23(28-18-20-11-7-5-8-12-20)17-24(16-22)29-19-21-13-9-6-10-14-21/h5-17H,18-19H2,1-4H3. The third kappa shape index (κ3) is 5.12. The maximum absolute atomic E-state index is 6.25. The maximum atomic E-state index is 6.25. The van der Waals surface area contributed by atoms with Gasteiger partial charge in [0.2, 0.25) is 0 Å². The molecule has 0 atom stereocenters. The van der Waals surface area contributed by atoms with Crippen LogP contribution in [0.25, 0.3) is 0 Å². The van der Waals surface area contributed by atoms with Crippen molar-refractivity contribution in [1.29, 1.82) is 0 Å². The van der Waals surface area contributed by atoms with E-state index in [1.54, 1.807) is 0 Å². The first-order chi connectivity index (χ1) is 14.8. The van der Waals surface area contributed by atoms with Gasteiger partial charge >= 0.3 is 7.12 Å². The van der Waals surface area contributed by atoms with Crippen LogP contribution in [0, 0.1) is 0 Å². The lowest BCUT2D eigenvalue weighted by Crippen LogP contribution is -2.41. The molecule has 1 aliphatic rings. The molecule has 0 radical (unpaired) electrons. The van der Waals surface area contributed by atoms with E-state index in [0.29, 0.717) is 13.2 Å². The summed E-state index contributed by atoms with van der Waals surface area (Å²) in [5.74, 6) is 1.44. The largest absolute Gasteiger partial charge is 0.495 e. The van der Waals surface area contributed by atoms with Gasteiger partial charge in [0.25, 0.3) is 0 Å². The second-order valence-electron chi connectivity index (χ2n) is 8.87. The smallest absolute Gasteiger partial charge is 0.489 e. The van der Waals surface area contributed by atoms with Gasteiger partial charge in [-0.15, -0.1) is 0 Å². The molecule has 1 fully saturated rings. The molecule has 3 aromatic rings. The van der Waals surface area contributed by atoms with Crippen LogP contribution >= 0.6 is 0 Å². The van der Waals surface area contributed by atoms with Gasteiger partial charge in [0, 0.05) is 6.07 Å². The normalized spacial score (nSPS) is 16.8. The number of hydrogen-bond donors (Lipinski definition) is 0. The minimum absolute atomic E-state index is 0.413. The van der Waals surface area contributed by atoms with Crippen molar-refractivity contribution in [3.05, 3.63) is 90.0 Å². The molecule has 0 unspecified atom stereocenters. The van der Waals surface area contributed by atoms with Crippen molar-refractivity contribution in [3.63, 3.8) is 0 Å². The molecule has 1 aliphatic heterocycles. The Balaban J connectivity index is 1.57. The molecular weight excluding hydrogens is 387 g/mol. The van der Waals surface area contributed by atoms with E-state index < -0.39 is 18.3 Å². The fourth-order valence-electron chi connectivity index (χ4n) is 3.36. The SMILES string of the molecule is CC1(C)OB(c2cc(OCc3ccccc3)cc(OCc3ccccc3)c2)OC1(C)C. The predicted molar refractivity (Wildman–Crippen MR) is 124 cm³/mol. The molecule has 0 aromatic heterocycles. The predicted octanol–water partition coefficient (Wildman–Crippen LogP) is 5.14. The van der Waals surface area contributed by atoms with Crippen molar-refractivity contribution in [2.75, 3.05) is 0 Å². The van der Waals surface area contributed by atoms with Crippen molar-refractivity contribution >= 4 is 12.6 Å². The summed E-state index contributed by atoms with van der Waals surface area (Å²) in [5, 5.41) is 0. The van der Waals surface area contributed by atoms with E-state index in [4.69, 9.17) is 18.8 Å². The van der Waals surface area contributed by atoms with Crippen molar-refractivity contribution in [3.8, 4) is 11.5 Å². The Morgan fingerprint density at radius 2 is 1.06 bits per heavy atom. The van der Waals surface area contributed by atoms with Crippen LogP contribution in [-0.4, -0.2) is 18.3 Å². The van der Waals surface area contributed by atoms with Crippen LogP contribution in [0.1, 0.15) is 38.8 Å². The summed E-state index contributed by atoms with van der Waals surface area (Å²) in [6, 6.07) is 26.1. The molecule has 0 aliphatic carbocycles. The van der Waals surface area contributed by atoms with E-state index in [2.05, 4.69) is 27.7 Å². The Morgan fingerprint density at radius 1 is 0.645 bits per heavy atom. The zero-order chi connectivity index (χ0) is 21.9. The van der Waals surface area contributed by atoms with E-state index in [1.807, 2.05) is 78.9 Å². The van der Waals surface area contributed by atoms with E-state index in [1.165, 1.54) is 0 Å². The molecule has 0 spiro atoms. The van der Waals surface area contributed by atoms with Gasteiger partial charge in [-0.3, -0.25) is 0 Å². The third-order valence-corrected chi connectivity index (χ3v) is 5.92. The van der Waals surface area contributed by atoms with E-state index in [0.717, 1.165) is 28.1 Å². The molecule has 31 heavy (non-hydrogen) atoms. The Labute approximate surface area is 185 Å². The first kappa shape index (κ1) is 21.5. The van der Waals surface area contributed by atoms with Crippen LogP contribution in [0.2, 0.25) is 0 Å². The summed E-state index contributed by atoms with van der Waals surface area (Å²) in [7, 11) is -0.482. The van der Waals surface area contributed by atoms with Gasteiger partial charge in [0.1, 0.15) is 24.7 Å². The molecule has 160 valence electrons. The number of benzene rings is 3. The Bertz CT molecular complexity index is 925. The average Bonchev–Trinajstić information content (AvgIpc) is 2.99. The van der Waals surface area contributed by atoms with Crippen molar-refractivity contribution in [1.82, 2.24) is 0 Å². The zero-order valence-corrected chi connectivity index (χ0v) is 18.6. The Hall–Kier alpha value is -2.76. The van der Waals surface area contributed by atoms with E-state index >= 15 is 0 Å². The molecule has 1 saturated heterocycles. The lowest BCUT2D eigenvalue weighted by molar-refractivity contribution is 0.00578. The van der Waals surface area contributed by atoms with Crippen LogP contribution in [0.15, 0.2) is 78.9 Å². The van der Waals surface area contributed by atoms with E-state index in [9.17, 15) is 0 Å². The van der Waals surface area contributed by atoms with Crippen molar-refractivity contribution in [2.45, 2.75) is 52.1 Å². The molecule has 5 heteroatoms. The highest BCUT2D eigenvalue weighted by atomic mass is 16.7. The van der Waals surface area contributed by atoms with Crippen molar-refractivity contribution < 1.29 is 18.8 Å². The molecule has 0 N–H and O–H groups in total. The molecule has 1 heterocycles. The summed E-state index contributed by atoms with van der Waals surface area (Å²) in [4.78, 5) is 0. The van der Waals surface area contributed by atoms with Crippen LogP contribution in [0.5, 0.6) is 11.5 Å². The van der Waals surface area contributed by atoms with Crippen LogP contribution < -0.4 is 14.9 Å². The first-order valence-corrected chi connectivity index (χ1v) is 10.7. The molecule has 0 amide bonds. The summed E-state index contributed by atoms with van der Waals surface area (Å²) >= 11 is 0.